The molecule has 2 saturated carbocycles. The highest BCUT2D eigenvalue weighted by Crippen LogP contribution is 2.62. The van der Waals surface area contributed by atoms with Gasteiger partial charge in [-0.25, -0.2) is 19.7 Å². The normalized spacial score (nSPS) is 22.2. The molecule has 3 N–H and O–H groups in total. The summed E-state index contributed by atoms with van der Waals surface area (Å²) in [5.41, 5.74) is 6.03. The molecule has 278 valence electrons. The number of pyridine rings is 1. The second-order valence-electron chi connectivity index (χ2n) is 15.1. The molecular formula is C42H46N8O4. The minimum atomic E-state index is -0.677. The predicted molar refractivity (Wildman–Crippen MR) is 205 cm³/mol. The molecule has 1 saturated heterocycles. The van der Waals surface area contributed by atoms with Crippen LogP contribution in [0.15, 0.2) is 85.3 Å². The van der Waals surface area contributed by atoms with E-state index in [2.05, 4.69) is 73.8 Å². The van der Waals surface area contributed by atoms with Crippen LogP contribution in [0.25, 0.3) is 33.6 Å². The number of alkyl carbamates (subject to hydrolysis) is 1. The lowest BCUT2D eigenvalue weighted by Gasteiger charge is -2.58. The van der Waals surface area contributed by atoms with Crippen LogP contribution in [-0.2, 0) is 14.3 Å². The third kappa shape index (κ3) is 6.43. The van der Waals surface area contributed by atoms with E-state index in [1.54, 1.807) is 11.1 Å². The monoisotopic (exact) mass is 726 g/mol. The van der Waals surface area contributed by atoms with Crippen LogP contribution in [0.5, 0.6) is 0 Å². The Bertz CT molecular complexity index is 2130. The van der Waals surface area contributed by atoms with Crippen molar-refractivity contribution in [2.24, 2.45) is 23.7 Å². The smallest absolute Gasteiger partial charge is 0.407 e. The number of hydrogen-bond acceptors (Lipinski definition) is 7. The highest BCUT2D eigenvalue weighted by molar-refractivity contribution is 5.95. The molecule has 3 aliphatic rings. The number of aromatic nitrogens is 5. The first-order valence-corrected chi connectivity index (χ1v) is 18.9. The number of ether oxygens (including phenoxy) is 1. The van der Waals surface area contributed by atoms with Crippen LogP contribution in [0.1, 0.15) is 63.1 Å². The molecular weight excluding hydrogens is 681 g/mol. The first-order chi connectivity index (χ1) is 26.2. The molecule has 1 unspecified atom stereocenters. The number of hydrogen-bond donors (Lipinski definition) is 3. The highest BCUT2D eigenvalue weighted by Gasteiger charge is 2.60. The molecule has 6 atom stereocenters. The molecule has 5 aromatic rings. The van der Waals surface area contributed by atoms with Crippen molar-refractivity contribution in [1.82, 2.24) is 35.1 Å². The highest BCUT2D eigenvalue weighted by atomic mass is 16.5. The average molecular weight is 727 g/mol. The molecule has 3 fully saturated rings. The van der Waals surface area contributed by atoms with E-state index < -0.39 is 12.1 Å². The van der Waals surface area contributed by atoms with E-state index >= 15 is 0 Å². The number of imidazole rings is 2. The molecule has 12 heteroatoms. The number of likely N-dealkylation sites (tertiary alicyclic amines) is 1. The number of benzene rings is 2. The summed E-state index contributed by atoms with van der Waals surface area (Å²) in [6.45, 7) is 4.42. The lowest BCUT2D eigenvalue weighted by molar-refractivity contribution is -0.142. The van der Waals surface area contributed by atoms with E-state index in [9.17, 15) is 14.4 Å². The first-order valence-electron chi connectivity index (χ1n) is 18.9. The zero-order valence-corrected chi connectivity index (χ0v) is 31.0. The summed E-state index contributed by atoms with van der Waals surface area (Å²) in [4.78, 5) is 63.5. The number of fused-ring (bicyclic) bond motifs is 1. The average Bonchev–Trinajstić information content (AvgIpc) is 3.99. The lowest BCUT2D eigenvalue weighted by atomic mass is 9.46. The van der Waals surface area contributed by atoms with Crippen molar-refractivity contribution in [3.8, 4) is 33.6 Å². The van der Waals surface area contributed by atoms with E-state index in [0.717, 1.165) is 71.0 Å². The maximum absolute atomic E-state index is 13.6. The number of amides is 3. The van der Waals surface area contributed by atoms with Crippen LogP contribution < -0.4 is 10.2 Å². The predicted octanol–water partition coefficient (Wildman–Crippen LogP) is 6.98. The van der Waals surface area contributed by atoms with Gasteiger partial charge >= 0.3 is 6.09 Å². The van der Waals surface area contributed by atoms with Gasteiger partial charge in [0, 0.05) is 25.7 Å². The lowest BCUT2D eigenvalue weighted by Crippen LogP contribution is -2.58. The minimum Gasteiger partial charge on any atom is -0.453 e. The van der Waals surface area contributed by atoms with Crippen molar-refractivity contribution in [1.29, 1.82) is 0 Å². The van der Waals surface area contributed by atoms with Crippen LogP contribution in [0.2, 0.25) is 0 Å². The standard InChI is InChI=1S/C42H46N8O4/c1-24(2)37(48-42(53)54-4)41(52)50-21-7-8-33(50)38-44-22-31(46-38)27-14-10-25(11-15-27)26-12-16-28(17-13-26)32-23-45-39(47-32)35-29-18-19-30(29)36(35)40(51)49(3)34-9-5-6-20-43-34/h5-6,9-17,20,22-24,29-30,33,35-37H,7-8,18-19,21H2,1-4H3,(H,44,46)(H,45,47)(H,48,53)/t29?,30-,33+,35-,36-,37+/m1/s1. The van der Waals surface area contributed by atoms with Gasteiger partial charge in [0.05, 0.1) is 42.9 Å². The van der Waals surface area contributed by atoms with Crippen LogP contribution in [0.4, 0.5) is 10.6 Å². The van der Waals surface area contributed by atoms with Gasteiger partial charge in [-0.3, -0.25) is 14.5 Å². The van der Waals surface area contributed by atoms with E-state index in [-0.39, 0.29) is 35.6 Å². The molecule has 2 aromatic carbocycles. The molecule has 54 heavy (non-hydrogen) atoms. The van der Waals surface area contributed by atoms with E-state index in [1.165, 1.54) is 7.11 Å². The van der Waals surface area contributed by atoms with E-state index in [0.29, 0.717) is 24.2 Å². The number of rotatable bonds is 10. The van der Waals surface area contributed by atoms with E-state index in [4.69, 9.17) is 9.72 Å². The number of H-pyrrole nitrogens is 2. The SMILES string of the molecule is COC(=O)N[C@H](C(=O)N1CCC[C@H]1c1ncc(-c2ccc(-c3ccc(-c4cnc([C@@H]5C6CC[C@H]6[C@H]5C(=O)N(C)c5ccccn5)[nH]4)cc3)cc2)[nH]1)C(C)C. The van der Waals surface area contributed by atoms with Gasteiger partial charge in [0.25, 0.3) is 0 Å². The Balaban J connectivity index is 0.925. The maximum Gasteiger partial charge on any atom is 0.407 e. The molecule has 0 radical (unpaired) electrons. The second kappa shape index (κ2) is 14.6. The first kappa shape index (κ1) is 35.3. The number of nitrogens with zero attached hydrogens (tertiary/aromatic N) is 5. The van der Waals surface area contributed by atoms with Crippen molar-refractivity contribution in [2.45, 2.75) is 57.5 Å². The summed E-state index contributed by atoms with van der Waals surface area (Å²) >= 11 is 0. The number of carbonyl (C=O) groups excluding carboxylic acids is 3. The van der Waals surface area contributed by atoms with Gasteiger partial charge in [0.15, 0.2) is 0 Å². The topological polar surface area (TPSA) is 149 Å². The largest absolute Gasteiger partial charge is 0.453 e. The molecule has 3 amide bonds. The van der Waals surface area contributed by atoms with Gasteiger partial charge < -0.3 is 24.9 Å². The van der Waals surface area contributed by atoms with Crippen molar-refractivity contribution in [2.75, 3.05) is 25.6 Å². The van der Waals surface area contributed by atoms with Crippen molar-refractivity contribution in [3.05, 3.63) is 97.0 Å². The van der Waals surface area contributed by atoms with Gasteiger partial charge in [0.1, 0.15) is 23.5 Å². The van der Waals surface area contributed by atoms with Gasteiger partial charge in [0.2, 0.25) is 11.8 Å². The molecule has 0 spiro atoms. The zero-order chi connectivity index (χ0) is 37.5. The summed E-state index contributed by atoms with van der Waals surface area (Å²) in [5.74, 6) is 3.10. The Morgan fingerprint density at radius 2 is 1.43 bits per heavy atom. The molecule has 8 rings (SSSR count). The quantitative estimate of drug-likeness (QED) is 0.141. The Morgan fingerprint density at radius 3 is 2.00 bits per heavy atom. The maximum atomic E-state index is 13.6. The molecule has 2 aliphatic carbocycles. The van der Waals surface area contributed by atoms with Crippen LogP contribution in [0.3, 0.4) is 0 Å². The Morgan fingerprint density at radius 1 is 0.815 bits per heavy atom. The van der Waals surface area contributed by atoms with Gasteiger partial charge in [-0.2, -0.15) is 0 Å². The van der Waals surface area contributed by atoms with Crippen molar-refractivity contribution >= 4 is 23.7 Å². The number of anilines is 1. The Hall–Kier alpha value is -5.78. The number of carbonyl (C=O) groups is 3. The van der Waals surface area contributed by atoms with Gasteiger partial charge in [-0.15, -0.1) is 0 Å². The third-order valence-electron chi connectivity index (χ3n) is 11.8. The van der Waals surface area contributed by atoms with Crippen LogP contribution in [-0.4, -0.2) is 74.5 Å². The van der Waals surface area contributed by atoms with Gasteiger partial charge in [-0.05, 0) is 77.8 Å². The molecule has 4 heterocycles. The van der Waals surface area contributed by atoms with E-state index in [1.807, 2.05) is 56.4 Å². The Labute approximate surface area is 314 Å². The fourth-order valence-corrected chi connectivity index (χ4v) is 8.61. The summed E-state index contributed by atoms with van der Waals surface area (Å²) in [6.07, 6.45) is 8.68. The molecule has 3 aromatic heterocycles. The number of methoxy groups -OCH3 is 1. The zero-order valence-electron chi connectivity index (χ0n) is 31.0. The van der Waals surface area contributed by atoms with Gasteiger partial charge in [-0.1, -0.05) is 68.4 Å². The summed E-state index contributed by atoms with van der Waals surface area (Å²) in [5, 5.41) is 2.70. The molecule has 0 bridgehead atoms. The van der Waals surface area contributed by atoms with Crippen LogP contribution >= 0.6 is 0 Å². The Kier molecular flexibility index (Phi) is 9.51. The summed E-state index contributed by atoms with van der Waals surface area (Å²) < 4.78 is 4.76. The number of aromatic amines is 2. The minimum absolute atomic E-state index is 0.0885. The summed E-state index contributed by atoms with van der Waals surface area (Å²) in [6, 6.07) is 21.5. The fraction of sp³-hybridized carbons (Fsp3) is 0.381. The van der Waals surface area contributed by atoms with Crippen LogP contribution in [0, 0.1) is 23.7 Å². The number of nitrogens with one attached hydrogen (secondary N) is 3. The summed E-state index contributed by atoms with van der Waals surface area (Å²) in [7, 11) is 3.11. The molecule has 12 nitrogen and oxygen atoms in total. The fourth-order valence-electron chi connectivity index (χ4n) is 8.61. The second-order valence-corrected chi connectivity index (χ2v) is 15.1. The molecule has 1 aliphatic heterocycles. The third-order valence-corrected chi connectivity index (χ3v) is 11.8. The van der Waals surface area contributed by atoms with Crippen molar-refractivity contribution in [3.63, 3.8) is 0 Å². The van der Waals surface area contributed by atoms with Crippen molar-refractivity contribution < 1.29 is 19.1 Å².